The van der Waals surface area contributed by atoms with Gasteiger partial charge >= 0.3 is 5.97 Å². The van der Waals surface area contributed by atoms with Crippen molar-refractivity contribution >= 4 is 5.97 Å². The van der Waals surface area contributed by atoms with Crippen LogP contribution in [-0.2, 0) is 23.7 Å². The van der Waals surface area contributed by atoms with E-state index < -0.39 is 0 Å². The predicted molar refractivity (Wildman–Crippen MR) is 91.6 cm³/mol. The van der Waals surface area contributed by atoms with Gasteiger partial charge in [-0.25, -0.2) is 0 Å². The average molecular weight is 332 g/mol. The first-order chi connectivity index (χ1) is 11.2. The van der Waals surface area contributed by atoms with Crippen molar-refractivity contribution < 1.29 is 23.7 Å². The summed E-state index contributed by atoms with van der Waals surface area (Å²) in [5, 5.41) is 0. The zero-order valence-electron chi connectivity index (χ0n) is 15.3. The van der Waals surface area contributed by atoms with Gasteiger partial charge in [-0.2, -0.15) is 0 Å². The van der Waals surface area contributed by atoms with Crippen LogP contribution in [0.2, 0.25) is 0 Å². The summed E-state index contributed by atoms with van der Waals surface area (Å²) in [6.07, 6.45) is 5.42. The molecule has 138 valence electrons. The summed E-state index contributed by atoms with van der Waals surface area (Å²) in [4.78, 5) is 11.4. The smallest absolute Gasteiger partial charge is 0.305 e. The molecular weight excluding hydrogens is 296 g/mol. The van der Waals surface area contributed by atoms with E-state index in [0.717, 1.165) is 32.3 Å². The first-order valence-corrected chi connectivity index (χ1v) is 9.05. The molecule has 0 fully saturated rings. The molecule has 0 amide bonds. The van der Waals surface area contributed by atoms with Gasteiger partial charge in [-0.05, 0) is 25.2 Å². The normalized spacial score (nSPS) is 11.1. The first kappa shape index (κ1) is 22.4. The van der Waals surface area contributed by atoms with Crippen molar-refractivity contribution in [2.24, 2.45) is 5.92 Å². The Bertz CT molecular complexity index is 256. The molecule has 0 aromatic heterocycles. The van der Waals surface area contributed by atoms with Crippen molar-refractivity contribution in [3.63, 3.8) is 0 Å². The Morgan fingerprint density at radius 3 is 2.00 bits per heavy atom. The Labute approximate surface area is 142 Å². The van der Waals surface area contributed by atoms with Crippen LogP contribution in [-0.4, -0.2) is 52.2 Å². The van der Waals surface area contributed by atoms with E-state index >= 15 is 0 Å². The van der Waals surface area contributed by atoms with Crippen LogP contribution in [0.5, 0.6) is 0 Å². The summed E-state index contributed by atoms with van der Waals surface area (Å²) in [6, 6.07) is 0. The lowest BCUT2D eigenvalue weighted by Gasteiger charge is -2.08. The number of rotatable bonds is 17. The number of ether oxygens (including phenoxy) is 4. The average Bonchev–Trinajstić information content (AvgIpc) is 2.52. The number of carbonyl (C=O) groups is 1. The third-order valence-corrected chi connectivity index (χ3v) is 3.26. The van der Waals surface area contributed by atoms with Gasteiger partial charge in [-0.1, -0.05) is 33.6 Å². The monoisotopic (exact) mass is 332 g/mol. The molecule has 0 radical (unpaired) electrons. The third-order valence-electron chi connectivity index (χ3n) is 3.26. The standard InChI is InChI=1S/C18H36O5/c1-4-5-6-11-23-18(19)8-7-10-20-13-15-22-16-14-21-12-9-17(2)3/h17H,4-16H2,1-3H3. The molecule has 0 saturated heterocycles. The topological polar surface area (TPSA) is 54.0 Å². The second kappa shape index (κ2) is 17.7. The van der Waals surface area contributed by atoms with Gasteiger partial charge in [0.05, 0.1) is 33.0 Å². The fourth-order valence-electron chi connectivity index (χ4n) is 1.79. The van der Waals surface area contributed by atoms with Crippen LogP contribution in [0.3, 0.4) is 0 Å². The summed E-state index contributed by atoms with van der Waals surface area (Å²) >= 11 is 0. The van der Waals surface area contributed by atoms with Crippen molar-refractivity contribution in [1.29, 1.82) is 0 Å². The summed E-state index contributed by atoms with van der Waals surface area (Å²) in [5.74, 6) is 0.553. The van der Waals surface area contributed by atoms with Crippen LogP contribution in [0.1, 0.15) is 59.3 Å². The Morgan fingerprint density at radius 2 is 1.39 bits per heavy atom. The van der Waals surface area contributed by atoms with Crippen molar-refractivity contribution in [3.8, 4) is 0 Å². The van der Waals surface area contributed by atoms with Crippen LogP contribution in [0.4, 0.5) is 0 Å². The lowest BCUT2D eigenvalue weighted by atomic mass is 10.1. The van der Waals surface area contributed by atoms with Gasteiger partial charge < -0.3 is 18.9 Å². The number of esters is 1. The Kier molecular flexibility index (Phi) is 17.2. The predicted octanol–water partition coefficient (Wildman–Crippen LogP) is 3.60. The molecule has 0 heterocycles. The molecule has 0 aliphatic rings. The fourth-order valence-corrected chi connectivity index (χ4v) is 1.79. The zero-order valence-corrected chi connectivity index (χ0v) is 15.3. The summed E-state index contributed by atoms with van der Waals surface area (Å²) in [6.45, 7) is 10.8. The van der Waals surface area contributed by atoms with Gasteiger partial charge in [0.2, 0.25) is 0 Å². The van der Waals surface area contributed by atoms with Crippen molar-refractivity contribution in [1.82, 2.24) is 0 Å². The van der Waals surface area contributed by atoms with Gasteiger partial charge in [0.25, 0.3) is 0 Å². The molecule has 0 aromatic rings. The molecule has 0 rings (SSSR count). The molecule has 0 unspecified atom stereocenters. The second-order valence-corrected chi connectivity index (χ2v) is 6.05. The van der Waals surface area contributed by atoms with E-state index in [2.05, 4.69) is 20.8 Å². The van der Waals surface area contributed by atoms with Gasteiger partial charge in [0.15, 0.2) is 0 Å². The largest absolute Gasteiger partial charge is 0.466 e. The Morgan fingerprint density at radius 1 is 0.783 bits per heavy atom. The third kappa shape index (κ3) is 19.3. The van der Waals surface area contributed by atoms with E-state index in [1.165, 1.54) is 0 Å². The first-order valence-electron chi connectivity index (χ1n) is 9.05. The molecule has 5 nitrogen and oxygen atoms in total. The van der Waals surface area contributed by atoms with Crippen molar-refractivity contribution in [2.45, 2.75) is 59.3 Å². The van der Waals surface area contributed by atoms with E-state index in [9.17, 15) is 4.79 Å². The van der Waals surface area contributed by atoms with Crippen LogP contribution in [0.25, 0.3) is 0 Å². The molecule has 0 bridgehead atoms. The highest BCUT2D eigenvalue weighted by Crippen LogP contribution is 1.99. The molecule has 0 saturated carbocycles. The van der Waals surface area contributed by atoms with Gasteiger partial charge in [0.1, 0.15) is 0 Å². The molecule has 5 heteroatoms. The second-order valence-electron chi connectivity index (χ2n) is 6.05. The molecule has 0 aliphatic carbocycles. The molecule has 0 aromatic carbocycles. The Hall–Kier alpha value is -0.650. The van der Waals surface area contributed by atoms with E-state index in [1.54, 1.807) is 0 Å². The lowest BCUT2D eigenvalue weighted by molar-refractivity contribution is -0.144. The number of carbonyl (C=O) groups excluding carboxylic acids is 1. The highest BCUT2D eigenvalue weighted by atomic mass is 16.5. The molecule has 0 N–H and O–H groups in total. The van der Waals surface area contributed by atoms with Crippen LogP contribution < -0.4 is 0 Å². The minimum atomic E-state index is -0.125. The van der Waals surface area contributed by atoms with Crippen molar-refractivity contribution in [2.75, 3.05) is 46.2 Å². The molecule has 0 aliphatic heterocycles. The minimum Gasteiger partial charge on any atom is -0.466 e. The SMILES string of the molecule is CCCCCOC(=O)CCCOCCOCCOCCC(C)C. The van der Waals surface area contributed by atoms with Gasteiger partial charge in [-0.3, -0.25) is 4.79 Å². The molecule has 0 atom stereocenters. The number of unbranched alkanes of at least 4 members (excludes halogenated alkanes) is 2. The molecule has 23 heavy (non-hydrogen) atoms. The highest BCUT2D eigenvalue weighted by Gasteiger charge is 2.02. The van der Waals surface area contributed by atoms with Crippen molar-refractivity contribution in [3.05, 3.63) is 0 Å². The summed E-state index contributed by atoms with van der Waals surface area (Å²) in [7, 11) is 0. The number of hydrogen-bond acceptors (Lipinski definition) is 5. The van der Waals surface area contributed by atoms with E-state index in [1.807, 2.05) is 0 Å². The maximum absolute atomic E-state index is 11.4. The molecular formula is C18H36O5. The van der Waals surface area contributed by atoms with E-state index in [4.69, 9.17) is 18.9 Å². The van der Waals surface area contributed by atoms with Crippen LogP contribution in [0.15, 0.2) is 0 Å². The number of hydrogen-bond donors (Lipinski definition) is 0. The quantitative estimate of drug-likeness (QED) is 0.301. The van der Waals surface area contributed by atoms with E-state index in [-0.39, 0.29) is 5.97 Å². The van der Waals surface area contributed by atoms with Gasteiger partial charge in [0, 0.05) is 19.6 Å². The molecule has 0 spiro atoms. The van der Waals surface area contributed by atoms with Crippen LogP contribution >= 0.6 is 0 Å². The lowest BCUT2D eigenvalue weighted by Crippen LogP contribution is -2.11. The minimum absolute atomic E-state index is 0.125. The summed E-state index contributed by atoms with van der Waals surface area (Å²) < 4.78 is 21.4. The Balaban J connectivity index is 3.11. The van der Waals surface area contributed by atoms with Gasteiger partial charge in [-0.15, -0.1) is 0 Å². The zero-order chi connectivity index (χ0) is 17.2. The fraction of sp³-hybridized carbons (Fsp3) is 0.944. The van der Waals surface area contributed by atoms with E-state index in [0.29, 0.717) is 58.4 Å². The highest BCUT2D eigenvalue weighted by molar-refractivity contribution is 5.69. The maximum atomic E-state index is 11.4. The maximum Gasteiger partial charge on any atom is 0.305 e. The van der Waals surface area contributed by atoms with Crippen LogP contribution in [0, 0.1) is 5.92 Å². The summed E-state index contributed by atoms with van der Waals surface area (Å²) in [5.41, 5.74) is 0.